The standard InChI is InChI=1S/C17H18BrClN2O3/c1-9-4-10(2)17(12(18)5-9)24-8-15(22)21-16-13(19)6-11(20)7-14(16)23-3/h4-7H,8,20H2,1-3H3,(H,21,22). The van der Waals surface area contributed by atoms with E-state index in [9.17, 15) is 4.79 Å². The highest BCUT2D eigenvalue weighted by molar-refractivity contribution is 9.10. The van der Waals surface area contributed by atoms with Crippen molar-refractivity contribution in [3.8, 4) is 11.5 Å². The summed E-state index contributed by atoms with van der Waals surface area (Å²) in [4.78, 5) is 12.2. The maximum atomic E-state index is 12.2. The normalized spacial score (nSPS) is 10.4. The molecule has 0 atom stereocenters. The van der Waals surface area contributed by atoms with E-state index < -0.39 is 0 Å². The largest absolute Gasteiger partial charge is 0.494 e. The summed E-state index contributed by atoms with van der Waals surface area (Å²) in [5.41, 5.74) is 8.57. The molecule has 24 heavy (non-hydrogen) atoms. The van der Waals surface area contributed by atoms with Crippen LogP contribution >= 0.6 is 27.5 Å². The number of methoxy groups -OCH3 is 1. The van der Waals surface area contributed by atoms with Gasteiger partial charge in [0.25, 0.3) is 5.91 Å². The predicted octanol–water partition coefficient (Wildman–Crippen LogP) is 4.33. The molecule has 0 spiro atoms. The van der Waals surface area contributed by atoms with Crippen LogP contribution in [0.2, 0.25) is 5.02 Å². The number of carbonyl (C=O) groups excluding carboxylic acids is 1. The first-order chi connectivity index (χ1) is 11.3. The Balaban J connectivity index is 2.10. The van der Waals surface area contributed by atoms with Crippen molar-refractivity contribution in [2.75, 3.05) is 24.8 Å². The Morgan fingerprint density at radius 3 is 2.62 bits per heavy atom. The number of amides is 1. The van der Waals surface area contributed by atoms with Crippen molar-refractivity contribution in [3.05, 3.63) is 44.9 Å². The molecule has 0 aromatic heterocycles. The molecule has 2 rings (SSSR count). The van der Waals surface area contributed by atoms with Gasteiger partial charge in [-0.05, 0) is 53.0 Å². The summed E-state index contributed by atoms with van der Waals surface area (Å²) in [6.07, 6.45) is 0. The first-order valence-electron chi connectivity index (χ1n) is 7.14. The van der Waals surface area contributed by atoms with Crippen LogP contribution in [0.5, 0.6) is 11.5 Å². The number of anilines is 2. The van der Waals surface area contributed by atoms with Gasteiger partial charge < -0.3 is 20.5 Å². The Morgan fingerprint density at radius 1 is 1.29 bits per heavy atom. The molecule has 5 nitrogen and oxygen atoms in total. The number of benzene rings is 2. The van der Waals surface area contributed by atoms with Crippen molar-refractivity contribution >= 4 is 44.8 Å². The van der Waals surface area contributed by atoms with E-state index in [0.29, 0.717) is 27.9 Å². The van der Waals surface area contributed by atoms with Crippen LogP contribution in [0.15, 0.2) is 28.7 Å². The summed E-state index contributed by atoms with van der Waals surface area (Å²) in [6, 6.07) is 7.04. The highest BCUT2D eigenvalue weighted by Crippen LogP contribution is 2.35. The van der Waals surface area contributed by atoms with Crippen molar-refractivity contribution in [2.45, 2.75) is 13.8 Å². The molecule has 0 aliphatic rings. The lowest BCUT2D eigenvalue weighted by Gasteiger charge is -2.15. The molecule has 128 valence electrons. The molecule has 1 amide bonds. The molecule has 3 N–H and O–H groups in total. The summed E-state index contributed by atoms with van der Waals surface area (Å²) in [5, 5.41) is 2.98. The molecule has 0 saturated carbocycles. The maximum absolute atomic E-state index is 12.2. The van der Waals surface area contributed by atoms with E-state index in [1.807, 2.05) is 26.0 Å². The zero-order valence-electron chi connectivity index (χ0n) is 13.6. The minimum Gasteiger partial charge on any atom is -0.494 e. The summed E-state index contributed by atoms with van der Waals surface area (Å²) in [7, 11) is 1.48. The number of hydrogen-bond donors (Lipinski definition) is 2. The van der Waals surface area contributed by atoms with Crippen molar-refractivity contribution < 1.29 is 14.3 Å². The van der Waals surface area contributed by atoms with Gasteiger partial charge in [0.15, 0.2) is 6.61 Å². The summed E-state index contributed by atoms with van der Waals surface area (Å²) in [5.74, 6) is 0.666. The van der Waals surface area contributed by atoms with E-state index in [0.717, 1.165) is 15.6 Å². The zero-order chi connectivity index (χ0) is 17.9. The average molecular weight is 414 g/mol. The van der Waals surface area contributed by atoms with Gasteiger partial charge in [0.05, 0.1) is 16.6 Å². The summed E-state index contributed by atoms with van der Waals surface area (Å²) in [6.45, 7) is 3.75. The second-order valence-corrected chi connectivity index (χ2v) is 6.57. The molecular weight excluding hydrogens is 396 g/mol. The van der Waals surface area contributed by atoms with Crippen LogP contribution in [0, 0.1) is 13.8 Å². The number of rotatable bonds is 5. The van der Waals surface area contributed by atoms with Crippen LogP contribution in [0.25, 0.3) is 0 Å². The number of nitrogen functional groups attached to an aromatic ring is 1. The first kappa shape index (κ1) is 18.4. The first-order valence-corrected chi connectivity index (χ1v) is 8.31. The molecule has 7 heteroatoms. The van der Waals surface area contributed by atoms with Crippen LogP contribution in [-0.4, -0.2) is 19.6 Å². The fraction of sp³-hybridized carbons (Fsp3) is 0.235. The van der Waals surface area contributed by atoms with Crippen molar-refractivity contribution in [2.24, 2.45) is 0 Å². The lowest BCUT2D eigenvalue weighted by Crippen LogP contribution is -2.21. The summed E-state index contributed by atoms with van der Waals surface area (Å²) < 4.78 is 11.6. The quantitative estimate of drug-likeness (QED) is 0.716. The molecule has 2 aromatic rings. The van der Waals surface area contributed by atoms with E-state index in [1.165, 1.54) is 7.11 Å². The number of aryl methyl sites for hydroxylation is 2. The number of nitrogens with one attached hydrogen (secondary N) is 1. The van der Waals surface area contributed by atoms with Gasteiger partial charge in [0.2, 0.25) is 0 Å². The Hall–Kier alpha value is -1.92. The number of nitrogens with two attached hydrogens (primary N) is 1. The van der Waals surface area contributed by atoms with Gasteiger partial charge in [-0.25, -0.2) is 0 Å². The number of halogens is 2. The van der Waals surface area contributed by atoms with Gasteiger partial charge in [-0.15, -0.1) is 0 Å². The second kappa shape index (κ2) is 7.77. The molecule has 2 aromatic carbocycles. The van der Waals surface area contributed by atoms with E-state index in [1.54, 1.807) is 12.1 Å². The van der Waals surface area contributed by atoms with Crippen molar-refractivity contribution in [1.29, 1.82) is 0 Å². The maximum Gasteiger partial charge on any atom is 0.262 e. The third-order valence-electron chi connectivity index (χ3n) is 3.28. The van der Waals surface area contributed by atoms with E-state index in [-0.39, 0.29) is 12.5 Å². The van der Waals surface area contributed by atoms with Gasteiger partial charge >= 0.3 is 0 Å². The van der Waals surface area contributed by atoms with Gasteiger partial charge in [0, 0.05) is 11.8 Å². The van der Waals surface area contributed by atoms with Gasteiger partial charge in [-0.2, -0.15) is 0 Å². The average Bonchev–Trinajstić information content (AvgIpc) is 2.48. The van der Waals surface area contributed by atoms with Crippen molar-refractivity contribution in [1.82, 2.24) is 0 Å². The fourth-order valence-corrected chi connectivity index (χ4v) is 3.34. The smallest absolute Gasteiger partial charge is 0.262 e. The lowest BCUT2D eigenvalue weighted by atomic mass is 10.1. The third kappa shape index (κ3) is 4.33. The number of hydrogen-bond acceptors (Lipinski definition) is 4. The van der Waals surface area contributed by atoms with Gasteiger partial charge in [-0.3, -0.25) is 4.79 Å². The number of ether oxygens (including phenoxy) is 2. The molecule has 0 saturated heterocycles. The predicted molar refractivity (Wildman–Crippen MR) is 100 cm³/mol. The highest BCUT2D eigenvalue weighted by Gasteiger charge is 2.14. The Morgan fingerprint density at radius 2 is 2.00 bits per heavy atom. The Bertz CT molecular complexity index is 758. The highest BCUT2D eigenvalue weighted by atomic mass is 79.9. The number of carbonyl (C=O) groups is 1. The van der Waals surface area contributed by atoms with Crippen molar-refractivity contribution in [3.63, 3.8) is 0 Å². The van der Waals surface area contributed by atoms with Crippen LogP contribution < -0.4 is 20.5 Å². The zero-order valence-corrected chi connectivity index (χ0v) is 15.9. The van der Waals surface area contributed by atoms with E-state index in [2.05, 4.69) is 21.2 Å². The molecule has 0 fully saturated rings. The van der Waals surface area contributed by atoms with Crippen LogP contribution in [-0.2, 0) is 4.79 Å². The Labute approximate surface area is 154 Å². The third-order valence-corrected chi connectivity index (χ3v) is 4.17. The van der Waals surface area contributed by atoms with E-state index >= 15 is 0 Å². The fourth-order valence-electron chi connectivity index (χ4n) is 2.28. The molecule has 0 aliphatic carbocycles. The molecule has 0 heterocycles. The molecule has 0 aliphatic heterocycles. The van der Waals surface area contributed by atoms with Crippen LogP contribution in [0.1, 0.15) is 11.1 Å². The second-order valence-electron chi connectivity index (χ2n) is 5.31. The topological polar surface area (TPSA) is 73.6 Å². The lowest BCUT2D eigenvalue weighted by molar-refractivity contribution is -0.118. The molecule has 0 bridgehead atoms. The monoisotopic (exact) mass is 412 g/mol. The molecule has 0 radical (unpaired) electrons. The van der Waals surface area contributed by atoms with Gasteiger partial charge in [0.1, 0.15) is 17.2 Å². The SMILES string of the molecule is COc1cc(N)cc(Cl)c1NC(=O)COc1c(C)cc(C)cc1Br. The van der Waals surface area contributed by atoms with Crippen LogP contribution in [0.4, 0.5) is 11.4 Å². The Kier molecular flexibility index (Phi) is 5.96. The van der Waals surface area contributed by atoms with E-state index in [4.69, 9.17) is 26.8 Å². The van der Waals surface area contributed by atoms with Gasteiger partial charge in [-0.1, -0.05) is 17.7 Å². The molecule has 0 unspecified atom stereocenters. The minimum atomic E-state index is -0.355. The summed E-state index contributed by atoms with van der Waals surface area (Å²) >= 11 is 9.57. The molecular formula is C17H18BrClN2O3. The minimum absolute atomic E-state index is 0.160. The van der Waals surface area contributed by atoms with Crippen LogP contribution in [0.3, 0.4) is 0 Å².